The number of ether oxygens (including phenoxy) is 1. The molecule has 5 aliphatic carbocycles. The topological polar surface area (TPSA) is 29.5 Å². The van der Waals surface area contributed by atoms with Crippen LogP contribution in [0, 0.1) is 56.2 Å². The van der Waals surface area contributed by atoms with Crippen molar-refractivity contribution in [3.05, 3.63) is 11.8 Å². The van der Waals surface area contributed by atoms with Crippen molar-refractivity contribution >= 4 is 0 Å². The molecule has 5 fully saturated rings. The van der Waals surface area contributed by atoms with Gasteiger partial charge in [-0.15, -0.1) is 0 Å². The fraction of sp³-hybridized carbons (Fsp3) is 0.935. The van der Waals surface area contributed by atoms with Crippen molar-refractivity contribution in [3.8, 4) is 0 Å². The second-order valence-corrected chi connectivity index (χ2v) is 15.5. The van der Waals surface area contributed by atoms with E-state index in [1.54, 1.807) is 0 Å². The quantitative estimate of drug-likeness (QED) is 0.462. The molecule has 6 rings (SSSR count). The predicted molar refractivity (Wildman–Crippen MR) is 134 cm³/mol. The van der Waals surface area contributed by atoms with E-state index in [0.717, 1.165) is 18.3 Å². The Hall–Kier alpha value is -0.500. The third kappa shape index (κ3) is 2.51. The normalized spacial score (nSPS) is 56.3. The summed E-state index contributed by atoms with van der Waals surface area (Å²) >= 11 is 0. The second-order valence-electron chi connectivity index (χ2n) is 15.5. The Morgan fingerprint density at radius 1 is 0.909 bits per heavy atom. The second kappa shape index (κ2) is 6.43. The summed E-state index contributed by atoms with van der Waals surface area (Å²) in [6, 6.07) is 0. The molecule has 0 bridgehead atoms. The van der Waals surface area contributed by atoms with Crippen molar-refractivity contribution in [1.82, 2.24) is 0 Å². The summed E-state index contributed by atoms with van der Waals surface area (Å²) in [6.45, 7) is 20.1. The number of fused-ring (bicyclic) bond motifs is 6. The molecule has 0 aromatic carbocycles. The van der Waals surface area contributed by atoms with Crippen LogP contribution in [-0.4, -0.2) is 17.3 Å². The van der Waals surface area contributed by atoms with E-state index >= 15 is 0 Å². The van der Waals surface area contributed by atoms with Crippen LogP contribution >= 0.6 is 0 Å². The van der Waals surface area contributed by atoms with Crippen LogP contribution in [0.5, 0.6) is 0 Å². The number of aliphatic hydroxyl groups is 1. The first-order chi connectivity index (χ1) is 15.3. The summed E-state index contributed by atoms with van der Waals surface area (Å²) in [5, 5.41) is 10.9. The molecule has 5 unspecified atom stereocenters. The van der Waals surface area contributed by atoms with Crippen LogP contribution in [0.2, 0.25) is 0 Å². The largest absolute Gasteiger partial charge is 0.493 e. The highest BCUT2D eigenvalue weighted by atomic mass is 16.5. The Labute approximate surface area is 203 Å². The molecule has 1 saturated heterocycles. The summed E-state index contributed by atoms with van der Waals surface area (Å²) in [5.41, 5.74) is 1.79. The maximum absolute atomic E-state index is 10.9. The van der Waals surface area contributed by atoms with Gasteiger partial charge in [0.2, 0.25) is 0 Å². The highest BCUT2D eigenvalue weighted by Gasteiger charge is 2.75. The van der Waals surface area contributed by atoms with E-state index in [9.17, 15) is 5.11 Å². The fourth-order valence-corrected chi connectivity index (χ4v) is 11.3. The van der Waals surface area contributed by atoms with E-state index in [1.165, 1.54) is 57.1 Å². The number of rotatable bonds is 2. The lowest BCUT2D eigenvalue weighted by molar-refractivity contribution is -0.245. The lowest BCUT2D eigenvalue weighted by Gasteiger charge is -2.72. The number of allylic oxidation sites excluding steroid dienone is 2. The van der Waals surface area contributed by atoms with E-state index in [4.69, 9.17) is 4.74 Å². The van der Waals surface area contributed by atoms with E-state index < -0.39 is 0 Å². The smallest absolute Gasteiger partial charge is 0.108 e. The molecule has 1 aliphatic heterocycles. The van der Waals surface area contributed by atoms with Crippen molar-refractivity contribution in [2.45, 2.75) is 125 Å². The fourth-order valence-electron chi connectivity index (χ4n) is 11.3. The molecule has 0 aromatic rings. The maximum Gasteiger partial charge on any atom is 0.108 e. The van der Waals surface area contributed by atoms with E-state index in [0.29, 0.717) is 39.6 Å². The van der Waals surface area contributed by atoms with Gasteiger partial charge < -0.3 is 9.84 Å². The Morgan fingerprint density at radius 3 is 2.33 bits per heavy atom. The number of hydrogen-bond acceptors (Lipinski definition) is 2. The van der Waals surface area contributed by atoms with Gasteiger partial charge in [0.1, 0.15) is 11.9 Å². The average Bonchev–Trinajstić information content (AvgIpc) is 3.34. The van der Waals surface area contributed by atoms with Crippen molar-refractivity contribution in [2.24, 2.45) is 56.2 Å². The van der Waals surface area contributed by atoms with Crippen LogP contribution in [-0.2, 0) is 4.74 Å². The van der Waals surface area contributed by atoms with Gasteiger partial charge in [-0.25, -0.2) is 0 Å². The summed E-state index contributed by atoms with van der Waals surface area (Å²) in [5.74, 6) is 4.28. The van der Waals surface area contributed by atoms with Crippen LogP contribution in [0.1, 0.15) is 113 Å². The maximum atomic E-state index is 10.9. The van der Waals surface area contributed by atoms with Gasteiger partial charge in [0.25, 0.3) is 0 Å². The Morgan fingerprint density at radius 2 is 1.64 bits per heavy atom. The van der Waals surface area contributed by atoms with Gasteiger partial charge in [-0.2, -0.15) is 0 Å². The van der Waals surface area contributed by atoms with Gasteiger partial charge in [0.05, 0.1) is 11.5 Å². The first-order valence-electron chi connectivity index (χ1n) is 14.4. The third-order valence-electron chi connectivity index (χ3n) is 14.0. The Bertz CT molecular complexity index is 885. The summed E-state index contributed by atoms with van der Waals surface area (Å²) in [4.78, 5) is 0. The molecular formula is C31H50O2. The first-order valence-corrected chi connectivity index (χ1v) is 14.4. The molecule has 33 heavy (non-hydrogen) atoms. The highest BCUT2D eigenvalue weighted by molar-refractivity contribution is 5.43. The molecule has 1 spiro atoms. The third-order valence-corrected chi connectivity index (χ3v) is 14.0. The molecule has 0 radical (unpaired) electrons. The first kappa shape index (κ1) is 22.9. The minimum absolute atomic E-state index is 0.0467. The number of aliphatic hydroxyl groups excluding tert-OH is 1. The molecule has 10 atom stereocenters. The minimum Gasteiger partial charge on any atom is -0.493 e. The molecular weight excluding hydrogens is 404 g/mol. The SMILES string of the molecule is CCC(C)(C)C1OC2=CC23CC[C@]2(C)C(CCC4[C@@]5(C)CC[C@H](O)C(C)(C)[C@@H]5CC[C@]42C)C13. The van der Waals surface area contributed by atoms with Crippen molar-refractivity contribution < 1.29 is 9.84 Å². The Kier molecular flexibility index (Phi) is 4.47. The van der Waals surface area contributed by atoms with Crippen molar-refractivity contribution in [3.63, 3.8) is 0 Å². The summed E-state index contributed by atoms with van der Waals surface area (Å²) in [7, 11) is 0. The van der Waals surface area contributed by atoms with Crippen LogP contribution in [0.15, 0.2) is 11.8 Å². The van der Waals surface area contributed by atoms with Crippen LogP contribution in [0.4, 0.5) is 0 Å². The average molecular weight is 455 g/mol. The van der Waals surface area contributed by atoms with Crippen molar-refractivity contribution in [2.75, 3.05) is 0 Å². The minimum atomic E-state index is -0.131. The molecule has 0 aromatic heterocycles. The zero-order chi connectivity index (χ0) is 23.8. The van der Waals surface area contributed by atoms with E-state index in [2.05, 4.69) is 61.5 Å². The van der Waals surface area contributed by atoms with Crippen LogP contribution in [0.3, 0.4) is 0 Å². The molecule has 2 nitrogen and oxygen atoms in total. The lowest BCUT2D eigenvalue weighted by Crippen LogP contribution is -2.66. The van der Waals surface area contributed by atoms with Gasteiger partial charge >= 0.3 is 0 Å². The van der Waals surface area contributed by atoms with Crippen LogP contribution in [0.25, 0.3) is 0 Å². The molecule has 2 heteroatoms. The van der Waals surface area contributed by atoms with Gasteiger partial charge in [-0.3, -0.25) is 0 Å². The Balaban J connectivity index is 1.39. The lowest BCUT2D eigenvalue weighted by atomic mass is 9.32. The molecule has 0 amide bonds. The zero-order valence-electron chi connectivity index (χ0n) is 22.8. The highest BCUT2D eigenvalue weighted by Crippen LogP contribution is 2.80. The van der Waals surface area contributed by atoms with Gasteiger partial charge in [-0.1, -0.05) is 55.4 Å². The van der Waals surface area contributed by atoms with E-state index in [-0.39, 0.29) is 16.9 Å². The van der Waals surface area contributed by atoms with E-state index in [1.807, 2.05) is 0 Å². The van der Waals surface area contributed by atoms with Gasteiger partial charge in [0.15, 0.2) is 0 Å². The van der Waals surface area contributed by atoms with Crippen LogP contribution < -0.4 is 0 Å². The van der Waals surface area contributed by atoms with Gasteiger partial charge in [0, 0.05) is 11.3 Å². The summed E-state index contributed by atoms with van der Waals surface area (Å²) in [6.07, 6.45) is 14.3. The summed E-state index contributed by atoms with van der Waals surface area (Å²) < 4.78 is 6.77. The monoisotopic (exact) mass is 454 g/mol. The predicted octanol–water partition coefficient (Wildman–Crippen LogP) is 7.75. The van der Waals surface area contributed by atoms with Gasteiger partial charge in [-0.05, 0) is 103 Å². The molecule has 186 valence electrons. The molecule has 4 saturated carbocycles. The molecule has 6 aliphatic rings. The number of hydrogen-bond donors (Lipinski definition) is 1. The zero-order valence-corrected chi connectivity index (χ0v) is 22.8. The molecule has 1 heterocycles. The molecule has 1 N–H and O–H groups in total. The standard InChI is InChI=1S/C31H50O2/c1-9-26(2,3)25-24-19-10-11-21-28(6)14-13-22(32)27(4,5)20(28)12-15-30(21,8)29(19,7)16-17-31(24)18-23(31)33-25/h18-22,24-25,32H,9-17H2,1-8H3/t19?,20-,21?,22-,24?,25?,28-,29+,30+,31?/m0/s1. The van der Waals surface area contributed by atoms with Crippen molar-refractivity contribution in [1.29, 1.82) is 0 Å².